The number of halogens is 1. The molecule has 2 rings (SSSR count). The third kappa shape index (κ3) is 1.13. The van der Waals surface area contributed by atoms with E-state index in [9.17, 15) is 0 Å². The summed E-state index contributed by atoms with van der Waals surface area (Å²) in [5.74, 6) is 0. The molecule has 1 heterocycles. The van der Waals surface area contributed by atoms with Gasteiger partial charge in [0.1, 0.15) is 6.07 Å². The van der Waals surface area contributed by atoms with E-state index in [1.165, 1.54) is 0 Å². The van der Waals surface area contributed by atoms with Crippen LogP contribution in [0.2, 0.25) is 5.02 Å². The molecule has 1 aromatic carbocycles. The molecule has 2 nitrogen and oxygen atoms in total. The predicted octanol–water partition coefficient (Wildman–Crippen LogP) is 2.53. The number of aliphatic imine (C=N–C) groups is 1. The highest BCUT2D eigenvalue weighted by Gasteiger charge is 2.46. The molecule has 0 fully saturated rings. The summed E-state index contributed by atoms with van der Waals surface area (Å²) in [6.45, 7) is 1.85. The maximum atomic E-state index is 8.96. The van der Waals surface area contributed by atoms with E-state index in [0.29, 0.717) is 5.02 Å². The summed E-state index contributed by atoms with van der Waals surface area (Å²) in [5.41, 5.74) is 1.02. The van der Waals surface area contributed by atoms with Gasteiger partial charge in [0.25, 0.3) is 0 Å². The number of nitriles is 1. The molecule has 1 aromatic rings. The molecule has 0 N–H and O–H groups in total. The summed E-state index contributed by atoms with van der Waals surface area (Å²) in [6, 6.07) is 9.45. The van der Waals surface area contributed by atoms with Gasteiger partial charge in [-0.2, -0.15) is 5.26 Å². The van der Waals surface area contributed by atoms with Crippen molar-refractivity contribution in [3.8, 4) is 6.07 Å². The van der Waals surface area contributed by atoms with Crippen LogP contribution in [0.25, 0.3) is 0 Å². The lowest BCUT2D eigenvalue weighted by Gasteiger charge is -2.05. The van der Waals surface area contributed by atoms with Crippen molar-refractivity contribution in [3.05, 3.63) is 34.9 Å². The standard InChI is InChI=1S/C10H7ClN2/c1-7-10(6-12,13-7)8-3-2-4-9(11)5-8/h2-5H,1H3. The van der Waals surface area contributed by atoms with E-state index in [0.717, 1.165) is 11.3 Å². The van der Waals surface area contributed by atoms with Crippen LogP contribution in [0.4, 0.5) is 0 Å². The average molecular weight is 191 g/mol. The van der Waals surface area contributed by atoms with Crippen LogP contribution in [0.15, 0.2) is 29.3 Å². The fourth-order valence-electron chi connectivity index (χ4n) is 1.38. The molecule has 0 spiro atoms. The summed E-state index contributed by atoms with van der Waals surface area (Å²) in [7, 11) is 0. The van der Waals surface area contributed by atoms with Crippen LogP contribution in [0.1, 0.15) is 12.5 Å². The number of nitrogens with zero attached hydrogens (tertiary/aromatic N) is 2. The van der Waals surface area contributed by atoms with Crippen molar-refractivity contribution in [2.75, 3.05) is 0 Å². The van der Waals surface area contributed by atoms with Crippen molar-refractivity contribution in [3.63, 3.8) is 0 Å². The molecular formula is C10H7ClN2. The second-order valence-electron chi connectivity index (χ2n) is 3.03. The van der Waals surface area contributed by atoms with Gasteiger partial charge in [0, 0.05) is 10.6 Å². The maximum Gasteiger partial charge on any atom is 0.209 e. The molecule has 1 aliphatic heterocycles. The average Bonchev–Trinajstić information content (AvgIpc) is 2.78. The van der Waals surface area contributed by atoms with Gasteiger partial charge in [-0.1, -0.05) is 23.7 Å². The van der Waals surface area contributed by atoms with Gasteiger partial charge < -0.3 is 0 Å². The van der Waals surface area contributed by atoms with Gasteiger partial charge in [-0.25, -0.2) is 0 Å². The zero-order valence-electron chi connectivity index (χ0n) is 7.08. The van der Waals surface area contributed by atoms with Crippen LogP contribution < -0.4 is 0 Å². The summed E-state index contributed by atoms with van der Waals surface area (Å²) in [6.07, 6.45) is 0. The highest BCUT2D eigenvalue weighted by molar-refractivity contribution is 6.30. The Kier molecular flexibility index (Phi) is 1.64. The largest absolute Gasteiger partial charge is 0.257 e. The second kappa shape index (κ2) is 2.58. The van der Waals surface area contributed by atoms with E-state index >= 15 is 0 Å². The SMILES string of the molecule is CC1=NC1(C#N)c1cccc(Cl)c1. The minimum absolute atomic E-state index is 0.641. The highest BCUT2D eigenvalue weighted by Crippen LogP contribution is 2.39. The van der Waals surface area contributed by atoms with E-state index in [1.807, 2.05) is 19.1 Å². The Balaban J connectivity index is 2.43. The second-order valence-corrected chi connectivity index (χ2v) is 3.47. The van der Waals surface area contributed by atoms with Crippen LogP contribution in [0, 0.1) is 11.3 Å². The van der Waals surface area contributed by atoms with Crippen molar-refractivity contribution >= 4 is 17.3 Å². The summed E-state index contributed by atoms with van der Waals surface area (Å²) in [5, 5.41) is 9.60. The van der Waals surface area contributed by atoms with Crippen LogP contribution in [0.5, 0.6) is 0 Å². The lowest BCUT2D eigenvalue weighted by molar-refractivity contribution is 0.920. The Morgan fingerprint density at radius 1 is 1.54 bits per heavy atom. The van der Waals surface area contributed by atoms with Crippen molar-refractivity contribution in [1.82, 2.24) is 0 Å². The smallest absolute Gasteiger partial charge is 0.209 e. The zero-order valence-corrected chi connectivity index (χ0v) is 7.84. The van der Waals surface area contributed by atoms with E-state index in [-0.39, 0.29) is 0 Å². The number of rotatable bonds is 1. The van der Waals surface area contributed by atoms with Crippen LogP contribution in [-0.2, 0) is 5.54 Å². The molecule has 1 unspecified atom stereocenters. The monoisotopic (exact) mass is 190 g/mol. The van der Waals surface area contributed by atoms with Gasteiger partial charge in [-0.3, -0.25) is 4.99 Å². The van der Waals surface area contributed by atoms with E-state index in [4.69, 9.17) is 16.9 Å². The third-order valence-electron chi connectivity index (χ3n) is 2.21. The van der Waals surface area contributed by atoms with Crippen LogP contribution in [-0.4, -0.2) is 5.71 Å². The Morgan fingerprint density at radius 3 is 2.69 bits per heavy atom. The van der Waals surface area contributed by atoms with Gasteiger partial charge in [0.15, 0.2) is 0 Å². The minimum Gasteiger partial charge on any atom is -0.257 e. The summed E-state index contributed by atoms with van der Waals surface area (Å²) >= 11 is 5.82. The van der Waals surface area contributed by atoms with Crippen molar-refractivity contribution in [2.45, 2.75) is 12.5 Å². The topological polar surface area (TPSA) is 36.1 Å². The normalized spacial score (nSPS) is 24.8. The summed E-state index contributed by atoms with van der Waals surface area (Å²) in [4.78, 5) is 4.11. The fraction of sp³-hybridized carbons (Fsp3) is 0.200. The van der Waals surface area contributed by atoms with E-state index in [2.05, 4.69) is 11.1 Å². The molecule has 1 aliphatic rings. The van der Waals surface area contributed by atoms with E-state index < -0.39 is 5.54 Å². The molecule has 0 aliphatic carbocycles. The van der Waals surface area contributed by atoms with Crippen LogP contribution >= 0.6 is 11.6 Å². The molecule has 0 saturated carbocycles. The Morgan fingerprint density at radius 2 is 2.23 bits per heavy atom. The minimum atomic E-state index is -0.703. The molecule has 0 saturated heterocycles. The first-order chi connectivity index (χ1) is 6.19. The quantitative estimate of drug-likeness (QED) is 0.671. The third-order valence-corrected chi connectivity index (χ3v) is 2.45. The number of hydrogen-bond acceptors (Lipinski definition) is 2. The van der Waals surface area contributed by atoms with Crippen LogP contribution in [0.3, 0.4) is 0 Å². The molecule has 13 heavy (non-hydrogen) atoms. The number of hydrogen-bond donors (Lipinski definition) is 0. The Hall–Kier alpha value is -1.33. The fourth-order valence-corrected chi connectivity index (χ4v) is 1.57. The molecule has 0 amide bonds. The molecule has 0 aromatic heterocycles. The number of benzene rings is 1. The summed E-state index contributed by atoms with van der Waals surface area (Å²) < 4.78 is 0. The zero-order chi connectivity index (χ0) is 9.47. The predicted molar refractivity (Wildman–Crippen MR) is 51.9 cm³/mol. The lowest BCUT2D eigenvalue weighted by atomic mass is 9.96. The molecule has 0 radical (unpaired) electrons. The van der Waals surface area contributed by atoms with Crippen molar-refractivity contribution in [1.29, 1.82) is 5.26 Å². The Bertz CT molecular complexity index is 431. The van der Waals surface area contributed by atoms with Crippen molar-refractivity contribution < 1.29 is 0 Å². The molecule has 64 valence electrons. The van der Waals surface area contributed by atoms with Crippen molar-refractivity contribution in [2.24, 2.45) is 4.99 Å². The van der Waals surface area contributed by atoms with Gasteiger partial charge in [0.05, 0.1) is 5.71 Å². The van der Waals surface area contributed by atoms with E-state index in [1.54, 1.807) is 12.1 Å². The molecule has 0 bridgehead atoms. The van der Waals surface area contributed by atoms with Gasteiger partial charge in [-0.05, 0) is 19.1 Å². The van der Waals surface area contributed by atoms with Gasteiger partial charge in [-0.15, -0.1) is 0 Å². The molecule has 3 heteroatoms. The highest BCUT2D eigenvalue weighted by atomic mass is 35.5. The molecular weight excluding hydrogens is 184 g/mol. The first-order valence-electron chi connectivity index (χ1n) is 3.93. The van der Waals surface area contributed by atoms with Gasteiger partial charge >= 0.3 is 0 Å². The van der Waals surface area contributed by atoms with Gasteiger partial charge in [0.2, 0.25) is 5.54 Å². The Labute approximate surface area is 81.5 Å². The lowest BCUT2D eigenvalue weighted by Crippen LogP contribution is -2.11. The first kappa shape index (κ1) is 8.28. The first-order valence-corrected chi connectivity index (χ1v) is 4.31. The molecule has 1 atom stereocenters. The maximum absolute atomic E-state index is 8.96.